The molecule has 2 unspecified atom stereocenters. The fraction of sp³-hybridized carbons (Fsp3) is 0.571. The number of carbonyl (C=O) groups is 2. The highest BCUT2D eigenvalue weighted by molar-refractivity contribution is 6.31. The lowest BCUT2D eigenvalue weighted by atomic mass is 9.59. The number of anilines is 1. The maximum Gasteiger partial charge on any atom is 0.237 e. The van der Waals surface area contributed by atoms with Crippen LogP contribution in [0.15, 0.2) is 41.5 Å². The minimum absolute atomic E-state index is 0.0471. The Balaban J connectivity index is 1.64. The van der Waals surface area contributed by atoms with E-state index in [1.807, 2.05) is 6.07 Å². The number of carbonyl (C=O) groups excluding carboxylic acids is 2. The average molecular weight is 551 g/mol. The standard InChI is InChI=1S/C28H34Cl2FN3O3/c1-26(2,3)13-20-28(17-9-8-14(29)10-19(17)33-25(28)36)21(16-6-5-7-18(30)22(16)31)23(34-20)24(35)32-15-11-27(4,37)12-15/h5-10,15-16,20-23,34,37H,11-13H2,1-4H3,(H,32,35)(H,33,36)/t15-,16?,20-,21-,22?,23+,27+,28+/m0/s1. The highest BCUT2D eigenvalue weighted by Gasteiger charge is 2.67. The Kier molecular flexibility index (Phi) is 6.54. The average Bonchev–Trinajstić information content (AvgIpc) is 3.23. The summed E-state index contributed by atoms with van der Waals surface area (Å²) < 4.78 is 15.8. The van der Waals surface area contributed by atoms with E-state index in [9.17, 15) is 14.7 Å². The number of allylic oxidation sites excluding steroid dienone is 4. The van der Waals surface area contributed by atoms with Crippen molar-refractivity contribution in [2.75, 3.05) is 5.32 Å². The van der Waals surface area contributed by atoms with Gasteiger partial charge in [0.05, 0.1) is 22.1 Å². The van der Waals surface area contributed by atoms with Crippen LogP contribution in [0.3, 0.4) is 0 Å². The molecule has 0 aromatic heterocycles. The second kappa shape index (κ2) is 9.08. The van der Waals surface area contributed by atoms with E-state index in [4.69, 9.17) is 23.2 Å². The molecule has 0 bridgehead atoms. The summed E-state index contributed by atoms with van der Waals surface area (Å²) in [4.78, 5) is 27.9. The maximum absolute atomic E-state index is 15.8. The molecular weight excluding hydrogens is 516 g/mol. The van der Waals surface area contributed by atoms with Crippen LogP contribution in [0.25, 0.3) is 0 Å². The molecular formula is C28H34Cl2FN3O3. The third-order valence-electron chi connectivity index (χ3n) is 8.29. The first kappa shape index (κ1) is 26.7. The van der Waals surface area contributed by atoms with Crippen molar-refractivity contribution >= 4 is 40.7 Å². The number of nitrogens with one attached hydrogen (secondary N) is 3. The van der Waals surface area contributed by atoms with Crippen molar-refractivity contribution in [3.8, 4) is 0 Å². The molecule has 2 amide bonds. The van der Waals surface area contributed by atoms with Crippen molar-refractivity contribution in [3.63, 3.8) is 0 Å². The fourth-order valence-corrected chi connectivity index (χ4v) is 7.29. The Bertz CT molecular complexity index is 1190. The lowest BCUT2D eigenvalue weighted by Gasteiger charge is -2.43. The first-order valence-corrected chi connectivity index (χ1v) is 13.6. The van der Waals surface area contributed by atoms with E-state index >= 15 is 4.39 Å². The van der Waals surface area contributed by atoms with Crippen molar-refractivity contribution < 1.29 is 19.1 Å². The molecule has 6 nitrogen and oxygen atoms in total. The summed E-state index contributed by atoms with van der Waals surface area (Å²) in [7, 11) is 0. The van der Waals surface area contributed by atoms with Crippen molar-refractivity contribution in [1.82, 2.24) is 10.6 Å². The zero-order valence-corrected chi connectivity index (χ0v) is 23.0. The van der Waals surface area contributed by atoms with Crippen LogP contribution < -0.4 is 16.0 Å². The fourth-order valence-electron chi connectivity index (χ4n) is 6.90. The number of amides is 2. The van der Waals surface area contributed by atoms with Crippen LogP contribution in [0.5, 0.6) is 0 Å². The molecule has 1 spiro atoms. The van der Waals surface area contributed by atoms with E-state index in [-0.39, 0.29) is 28.3 Å². The molecule has 4 aliphatic rings. The van der Waals surface area contributed by atoms with Crippen LogP contribution in [-0.4, -0.2) is 46.8 Å². The van der Waals surface area contributed by atoms with E-state index in [1.54, 1.807) is 31.2 Å². The molecule has 2 fully saturated rings. The summed E-state index contributed by atoms with van der Waals surface area (Å²) in [6.07, 6.45) is 4.82. The topological polar surface area (TPSA) is 90.5 Å². The highest BCUT2D eigenvalue weighted by atomic mass is 35.5. The number of halogens is 3. The molecule has 0 radical (unpaired) electrons. The number of alkyl halides is 1. The number of rotatable bonds is 4. The van der Waals surface area contributed by atoms with Gasteiger partial charge in [-0.15, -0.1) is 0 Å². The Morgan fingerprint density at radius 1 is 1.27 bits per heavy atom. The third-order valence-corrected chi connectivity index (χ3v) is 8.86. The zero-order chi connectivity index (χ0) is 26.9. The van der Waals surface area contributed by atoms with Gasteiger partial charge in [0.1, 0.15) is 6.17 Å². The summed E-state index contributed by atoms with van der Waals surface area (Å²) in [6, 6.07) is 3.76. The molecule has 200 valence electrons. The van der Waals surface area contributed by atoms with Gasteiger partial charge in [-0.25, -0.2) is 4.39 Å². The first-order valence-electron chi connectivity index (χ1n) is 12.8. The molecule has 5 rings (SSSR count). The van der Waals surface area contributed by atoms with Gasteiger partial charge in [-0.1, -0.05) is 62.2 Å². The van der Waals surface area contributed by atoms with Gasteiger partial charge >= 0.3 is 0 Å². The minimum Gasteiger partial charge on any atom is -0.390 e. The van der Waals surface area contributed by atoms with Gasteiger partial charge in [-0.05, 0) is 55.4 Å². The van der Waals surface area contributed by atoms with Gasteiger partial charge in [0, 0.05) is 34.6 Å². The minimum atomic E-state index is -1.56. The molecule has 1 aromatic carbocycles. The van der Waals surface area contributed by atoms with Crippen LogP contribution in [0.2, 0.25) is 5.02 Å². The molecule has 2 aliphatic carbocycles. The maximum atomic E-state index is 15.8. The van der Waals surface area contributed by atoms with E-state index in [1.165, 1.54) is 6.08 Å². The zero-order valence-electron chi connectivity index (χ0n) is 21.4. The number of fused-ring (bicyclic) bond motifs is 2. The Labute approximate surface area is 227 Å². The van der Waals surface area contributed by atoms with Crippen LogP contribution in [0.1, 0.15) is 52.5 Å². The van der Waals surface area contributed by atoms with Crippen LogP contribution in [-0.2, 0) is 15.0 Å². The predicted molar refractivity (Wildman–Crippen MR) is 143 cm³/mol. The summed E-state index contributed by atoms with van der Waals surface area (Å²) in [5.74, 6) is -2.16. The molecule has 2 aliphatic heterocycles. The Hall–Kier alpha value is -1.93. The summed E-state index contributed by atoms with van der Waals surface area (Å²) in [5, 5.41) is 20.2. The van der Waals surface area contributed by atoms with Crippen LogP contribution >= 0.6 is 23.2 Å². The molecule has 37 heavy (non-hydrogen) atoms. The molecule has 4 N–H and O–H groups in total. The van der Waals surface area contributed by atoms with Crippen molar-refractivity contribution in [2.45, 2.75) is 82.3 Å². The number of hydrogen-bond donors (Lipinski definition) is 4. The SMILES string of the molecule is CC(C)(C)C[C@@H]1N[C@@H](C(=O)N[C@H]2C[C@@](C)(O)C2)[C@H](C2C=CC=C(Cl)C2F)[C@]12C(=O)Nc1cc(Cl)ccc12. The number of benzene rings is 1. The van der Waals surface area contributed by atoms with Gasteiger partial charge in [-0.2, -0.15) is 0 Å². The molecule has 6 atom stereocenters. The van der Waals surface area contributed by atoms with E-state index in [0.717, 1.165) is 0 Å². The Morgan fingerprint density at radius 2 is 1.97 bits per heavy atom. The lowest BCUT2D eigenvalue weighted by molar-refractivity contribution is -0.129. The molecule has 1 saturated heterocycles. The predicted octanol–water partition coefficient (Wildman–Crippen LogP) is 4.60. The molecule has 1 saturated carbocycles. The van der Waals surface area contributed by atoms with Crippen molar-refractivity contribution in [1.29, 1.82) is 0 Å². The van der Waals surface area contributed by atoms with Gasteiger partial charge in [0.25, 0.3) is 0 Å². The quantitative estimate of drug-likeness (QED) is 0.441. The van der Waals surface area contributed by atoms with Gasteiger partial charge in [0.15, 0.2) is 0 Å². The van der Waals surface area contributed by atoms with E-state index < -0.39 is 41.1 Å². The molecule has 2 heterocycles. The second-order valence-corrected chi connectivity index (χ2v) is 13.4. The highest BCUT2D eigenvalue weighted by Crippen LogP contribution is 2.57. The Morgan fingerprint density at radius 3 is 2.62 bits per heavy atom. The van der Waals surface area contributed by atoms with Gasteiger partial charge in [-0.3, -0.25) is 9.59 Å². The first-order chi connectivity index (χ1) is 17.2. The van der Waals surface area contributed by atoms with E-state index in [0.29, 0.717) is 35.5 Å². The summed E-state index contributed by atoms with van der Waals surface area (Å²) in [6.45, 7) is 7.97. The number of hydrogen-bond acceptors (Lipinski definition) is 4. The second-order valence-electron chi connectivity index (χ2n) is 12.5. The van der Waals surface area contributed by atoms with Gasteiger partial charge in [0.2, 0.25) is 11.8 Å². The van der Waals surface area contributed by atoms with Crippen LogP contribution in [0.4, 0.5) is 10.1 Å². The van der Waals surface area contributed by atoms with Crippen molar-refractivity contribution in [2.24, 2.45) is 17.3 Å². The van der Waals surface area contributed by atoms with Crippen molar-refractivity contribution in [3.05, 3.63) is 52.0 Å². The normalized spacial score (nSPS) is 38.7. The van der Waals surface area contributed by atoms with E-state index in [2.05, 4.69) is 36.7 Å². The smallest absolute Gasteiger partial charge is 0.237 e. The monoisotopic (exact) mass is 549 g/mol. The third kappa shape index (κ3) is 4.52. The lowest BCUT2D eigenvalue weighted by Crippen LogP contribution is -2.58. The molecule has 1 aromatic rings. The summed E-state index contributed by atoms with van der Waals surface area (Å²) in [5.41, 5.74) is -0.946. The van der Waals surface area contributed by atoms with Crippen LogP contribution in [0, 0.1) is 17.3 Å². The number of aliphatic hydroxyl groups is 1. The largest absolute Gasteiger partial charge is 0.390 e. The summed E-state index contributed by atoms with van der Waals surface area (Å²) >= 11 is 12.5. The van der Waals surface area contributed by atoms with Gasteiger partial charge < -0.3 is 21.1 Å². The molecule has 9 heteroatoms.